The number of halogens is 1. The van der Waals surface area contributed by atoms with Crippen LogP contribution in [0, 0.1) is 11.8 Å². The van der Waals surface area contributed by atoms with E-state index < -0.39 is 0 Å². The van der Waals surface area contributed by atoms with E-state index in [1.165, 1.54) is 0 Å². The summed E-state index contributed by atoms with van der Waals surface area (Å²) in [6, 6.07) is 0. The number of hydrogen-bond donors (Lipinski definition) is 1. The first kappa shape index (κ1) is 7.00. The van der Waals surface area contributed by atoms with E-state index in [9.17, 15) is 4.39 Å². The van der Waals surface area contributed by atoms with Crippen molar-refractivity contribution in [2.45, 2.75) is 19.3 Å². The molecule has 0 spiro atoms. The predicted molar refractivity (Wildman–Crippen MR) is 35.9 cm³/mol. The molecule has 0 aromatic rings. The van der Waals surface area contributed by atoms with Crippen molar-refractivity contribution in [2.75, 3.05) is 13.2 Å². The highest BCUT2D eigenvalue weighted by molar-refractivity contribution is 4.75. The van der Waals surface area contributed by atoms with E-state index in [4.69, 9.17) is 5.73 Å². The second-order valence-corrected chi connectivity index (χ2v) is 2.94. The lowest BCUT2D eigenvalue weighted by Crippen LogP contribution is -2.10. The van der Waals surface area contributed by atoms with Gasteiger partial charge >= 0.3 is 0 Å². The third kappa shape index (κ3) is 1.65. The second-order valence-electron chi connectivity index (χ2n) is 2.94. The highest BCUT2D eigenvalue weighted by atomic mass is 19.1. The first-order valence-corrected chi connectivity index (χ1v) is 3.62. The van der Waals surface area contributed by atoms with Crippen LogP contribution in [0.4, 0.5) is 4.39 Å². The van der Waals surface area contributed by atoms with E-state index in [1.54, 1.807) is 0 Å². The Hall–Kier alpha value is -0.110. The minimum Gasteiger partial charge on any atom is -0.330 e. The summed E-state index contributed by atoms with van der Waals surface area (Å²) in [7, 11) is 0. The van der Waals surface area contributed by atoms with Crippen molar-refractivity contribution in [3.63, 3.8) is 0 Å². The fraction of sp³-hybridized carbons (Fsp3) is 1.00. The Kier molecular flexibility index (Phi) is 2.46. The summed E-state index contributed by atoms with van der Waals surface area (Å²) in [5, 5.41) is 0. The molecule has 0 aromatic heterocycles. The highest BCUT2D eigenvalue weighted by Gasteiger charge is 2.22. The maximum atomic E-state index is 12.0. The van der Waals surface area contributed by atoms with Crippen LogP contribution in [-0.4, -0.2) is 13.2 Å². The lowest BCUT2D eigenvalue weighted by Gasteiger charge is -2.03. The van der Waals surface area contributed by atoms with Crippen LogP contribution in [0.25, 0.3) is 0 Å². The van der Waals surface area contributed by atoms with Crippen LogP contribution in [0.3, 0.4) is 0 Å². The van der Waals surface area contributed by atoms with Gasteiger partial charge in [-0.3, -0.25) is 4.39 Å². The third-order valence-electron chi connectivity index (χ3n) is 2.20. The maximum absolute atomic E-state index is 12.0. The van der Waals surface area contributed by atoms with Crippen molar-refractivity contribution in [3.8, 4) is 0 Å². The summed E-state index contributed by atoms with van der Waals surface area (Å²) < 4.78 is 12.0. The predicted octanol–water partition coefficient (Wildman–Crippen LogP) is 1.33. The first-order valence-electron chi connectivity index (χ1n) is 3.62. The van der Waals surface area contributed by atoms with Crippen molar-refractivity contribution >= 4 is 0 Å². The minimum absolute atomic E-state index is 0.142. The Balaban J connectivity index is 2.20. The number of alkyl halides is 1. The molecule has 0 aromatic carbocycles. The Bertz CT molecular complexity index is 75.0. The van der Waals surface area contributed by atoms with Crippen LogP contribution in [0.2, 0.25) is 0 Å². The molecule has 0 bridgehead atoms. The highest BCUT2D eigenvalue weighted by Crippen LogP contribution is 2.29. The summed E-state index contributed by atoms with van der Waals surface area (Å²) in [6.45, 7) is 0.604. The zero-order valence-corrected chi connectivity index (χ0v) is 5.65. The molecule has 54 valence electrons. The van der Waals surface area contributed by atoms with E-state index in [0.717, 1.165) is 25.8 Å². The van der Waals surface area contributed by atoms with Crippen LogP contribution in [0.5, 0.6) is 0 Å². The molecule has 1 fully saturated rings. The SMILES string of the molecule is NCC1CCC(CF)C1. The van der Waals surface area contributed by atoms with Gasteiger partial charge in [-0.1, -0.05) is 0 Å². The van der Waals surface area contributed by atoms with E-state index in [2.05, 4.69) is 0 Å². The summed E-state index contributed by atoms with van der Waals surface area (Å²) in [5.74, 6) is 0.948. The molecule has 2 heteroatoms. The van der Waals surface area contributed by atoms with Crippen molar-refractivity contribution in [3.05, 3.63) is 0 Å². The molecule has 9 heavy (non-hydrogen) atoms. The van der Waals surface area contributed by atoms with E-state index >= 15 is 0 Å². The monoisotopic (exact) mass is 131 g/mol. The summed E-state index contributed by atoms with van der Waals surface area (Å²) in [4.78, 5) is 0. The fourth-order valence-electron chi connectivity index (χ4n) is 1.53. The third-order valence-corrected chi connectivity index (χ3v) is 2.20. The van der Waals surface area contributed by atoms with Gasteiger partial charge in [-0.25, -0.2) is 0 Å². The van der Waals surface area contributed by atoms with Crippen molar-refractivity contribution in [1.29, 1.82) is 0 Å². The van der Waals surface area contributed by atoms with Gasteiger partial charge in [-0.2, -0.15) is 0 Å². The van der Waals surface area contributed by atoms with E-state index in [-0.39, 0.29) is 6.67 Å². The lowest BCUT2D eigenvalue weighted by molar-refractivity contribution is 0.358. The average Bonchev–Trinajstić information content (AvgIpc) is 2.34. The quantitative estimate of drug-likeness (QED) is 0.601. The molecular formula is C7H14FN. The largest absolute Gasteiger partial charge is 0.330 e. The lowest BCUT2D eigenvalue weighted by atomic mass is 10.1. The smallest absolute Gasteiger partial charge is 0.0922 e. The van der Waals surface area contributed by atoms with E-state index in [1.807, 2.05) is 0 Å². The van der Waals surface area contributed by atoms with Crippen molar-refractivity contribution in [2.24, 2.45) is 17.6 Å². The number of hydrogen-bond acceptors (Lipinski definition) is 1. The van der Waals surface area contributed by atoms with Crippen LogP contribution >= 0.6 is 0 Å². The summed E-state index contributed by atoms with van der Waals surface area (Å²) in [6.07, 6.45) is 3.22. The van der Waals surface area contributed by atoms with Crippen molar-refractivity contribution < 1.29 is 4.39 Å². The van der Waals surface area contributed by atoms with Gasteiger partial charge < -0.3 is 5.73 Å². The molecule has 2 N–H and O–H groups in total. The zero-order chi connectivity index (χ0) is 6.69. The molecule has 1 aliphatic carbocycles. The standard InChI is InChI=1S/C7H14FN/c8-4-6-1-2-7(3-6)5-9/h6-7H,1-5,9H2. The van der Waals surface area contributed by atoms with Crippen LogP contribution in [0.1, 0.15) is 19.3 Å². The molecule has 1 saturated carbocycles. The Labute approximate surface area is 55.4 Å². The van der Waals surface area contributed by atoms with Gasteiger partial charge in [0.25, 0.3) is 0 Å². The number of rotatable bonds is 2. The maximum Gasteiger partial charge on any atom is 0.0922 e. The van der Waals surface area contributed by atoms with Gasteiger partial charge in [-0.15, -0.1) is 0 Å². The normalized spacial score (nSPS) is 35.3. The number of nitrogens with two attached hydrogens (primary N) is 1. The second kappa shape index (κ2) is 3.16. The molecule has 0 saturated heterocycles. The average molecular weight is 131 g/mol. The van der Waals surface area contributed by atoms with Gasteiger partial charge in [0.2, 0.25) is 0 Å². The van der Waals surface area contributed by atoms with Gasteiger partial charge in [0, 0.05) is 0 Å². The molecule has 0 aliphatic heterocycles. The topological polar surface area (TPSA) is 26.0 Å². The van der Waals surface area contributed by atoms with Crippen LogP contribution in [-0.2, 0) is 0 Å². The van der Waals surface area contributed by atoms with Crippen LogP contribution in [0.15, 0.2) is 0 Å². The zero-order valence-electron chi connectivity index (χ0n) is 5.65. The molecule has 1 rings (SSSR count). The molecule has 0 amide bonds. The molecule has 1 nitrogen and oxygen atoms in total. The molecule has 0 heterocycles. The summed E-state index contributed by atoms with van der Waals surface area (Å²) in [5.41, 5.74) is 5.43. The van der Waals surface area contributed by atoms with Gasteiger partial charge in [0.15, 0.2) is 0 Å². The van der Waals surface area contributed by atoms with Crippen LogP contribution < -0.4 is 5.73 Å². The van der Waals surface area contributed by atoms with Gasteiger partial charge in [0.1, 0.15) is 0 Å². The molecular weight excluding hydrogens is 117 g/mol. The van der Waals surface area contributed by atoms with E-state index in [0.29, 0.717) is 11.8 Å². The first-order chi connectivity index (χ1) is 4.36. The minimum atomic E-state index is -0.142. The Morgan fingerprint density at radius 3 is 2.33 bits per heavy atom. The Morgan fingerprint density at radius 2 is 2.00 bits per heavy atom. The fourth-order valence-corrected chi connectivity index (χ4v) is 1.53. The van der Waals surface area contributed by atoms with Gasteiger partial charge in [0.05, 0.1) is 6.67 Å². The molecule has 0 radical (unpaired) electrons. The summed E-state index contributed by atoms with van der Waals surface area (Å²) >= 11 is 0. The van der Waals surface area contributed by atoms with Crippen molar-refractivity contribution in [1.82, 2.24) is 0 Å². The molecule has 2 unspecified atom stereocenters. The molecule has 2 atom stereocenters. The molecule has 1 aliphatic rings. The van der Waals surface area contributed by atoms with Gasteiger partial charge in [-0.05, 0) is 37.6 Å². The Morgan fingerprint density at radius 1 is 1.33 bits per heavy atom.